The summed E-state index contributed by atoms with van der Waals surface area (Å²) in [5.74, 6) is 0.553. The molecule has 1 atom stereocenters. The summed E-state index contributed by atoms with van der Waals surface area (Å²) in [6, 6.07) is 1.74. The molecule has 20 heavy (non-hydrogen) atoms. The number of rotatable bonds is 6. The van der Waals surface area contributed by atoms with Crippen LogP contribution in [0.1, 0.15) is 37.6 Å². The molecule has 1 aliphatic rings. The van der Waals surface area contributed by atoms with Gasteiger partial charge in [0, 0.05) is 25.2 Å². The maximum Gasteiger partial charge on any atom is 0.220 e. The third kappa shape index (κ3) is 3.80. The zero-order valence-electron chi connectivity index (χ0n) is 12.1. The van der Waals surface area contributed by atoms with Crippen molar-refractivity contribution in [3.05, 3.63) is 17.5 Å². The van der Waals surface area contributed by atoms with E-state index < -0.39 is 10.0 Å². The third-order valence-electron chi connectivity index (χ3n) is 3.49. The highest BCUT2D eigenvalue weighted by Crippen LogP contribution is 2.19. The van der Waals surface area contributed by atoms with Gasteiger partial charge in [-0.2, -0.15) is 4.31 Å². The average molecular weight is 301 g/mol. The smallest absolute Gasteiger partial charge is 0.220 e. The van der Waals surface area contributed by atoms with Gasteiger partial charge in [0.15, 0.2) is 0 Å². The molecule has 0 amide bonds. The van der Waals surface area contributed by atoms with Crippen LogP contribution in [0, 0.1) is 6.92 Å². The van der Waals surface area contributed by atoms with Crippen LogP contribution in [0.2, 0.25) is 0 Å². The second kappa shape index (κ2) is 6.69. The normalized spacial score (nSPS) is 20.4. The Bertz CT molecular complexity index is 521. The fraction of sp³-hybridized carbons (Fsp3) is 0.769. The average Bonchev–Trinajstić information content (AvgIpc) is 2.81. The van der Waals surface area contributed by atoms with Gasteiger partial charge >= 0.3 is 0 Å². The van der Waals surface area contributed by atoms with E-state index in [0.29, 0.717) is 18.0 Å². The fourth-order valence-corrected chi connectivity index (χ4v) is 4.37. The number of aromatic nitrogens is 1. The molecule has 1 aromatic heterocycles. The van der Waals surface area contributed by atoms with Gasteiger partial charge in [-0.05, 0) is 32.7 Å². The third-order valence-corrected chi connectivity index (χ3v) is 5.34. The molecular formula is C13H23N3O3S. The van der Waals surface area contributed by atoms with E-state index in [2.05, 4.69) is 10.5 Å². The van der Waals surface area contributed by atoms with Crippen LogP contribution in [0.3, 0.4) is 0 Å². The van der Waals surface area contributed by atoms with Crippen molar-refractivity contribution in [1.82, 2.24) is 14.8 Å². The lowest BCUT2D eigenvalue weighted by Crippen LogP contribution is -2.49. The topological polar surface area (TPSA) is 75.4 Å². The van der Waals surface area contributed by atoms with Crippen LogP contribution in [-0.4, -0.2) is 43.6 Å². The van der Waals surface area contributed by atoms with E-state index in [4.69, 9.17) is 4.52 Å². The number of nitrogens with zero attached hydrogens (tertiary/aromatic N) is 2. The summed E-state index contributed by atoms with van der Waals surface area (Å²) in [6.07, 6.45) is 2.75. The zero-order chi connectivity index (χ0) is 14.6. The molecule has 1 N–H and O–H groups in total. The van der Waals surface area contributed by atoms with Gasteiger partial charge in [0.05, 0.1) is 0 Å². The summed E-state index contributed by atoms with van der Waals surface area (Å²) in [6.45, 7) is 6.03. The minimum absolute atomic E-state index is 0.0571. The van der Waals surface area contributed by atoms with E-state index in [9.17, 15) is 8.42 Å². The monoisotopic (exact) mass is 301 g/mol. The van der Waals surface area contributed by atoms with E-state index in [1.54, 1.807) is 17.3 Å². The van der Waals surface area contributed by atoms with Crippen LogP contribution in [0.5, 0.6) is 0 Å². The van der Waals surface area contributed by atoms with Crippen molar-refractivity contribution in [2.45, 2.75) is 44.9 Å². The van der Waals surface area contributed by atoms with Crippen LogP contribution in [0.15, 0.2) is 10.6 Å². The predicted octanol–water partition coefficient (Wildman–Crippen LogP) is 1.28. The van der Waals surface area contributed by atoms with Gasteiger partial charge < -0.3 is 9.84 Å². The minimum atomic E-state index is -3.35. The van der Waals surface area contributed by atoms with Gasteiger partial charge in [0.1, 0.15) is 17.2 Å². The first-order valence-electron chi connectivity index (χ1n) is 7.15. The molecule has 0 saturated carbocycles. The molecule has 0 bridgehead atoms. The van der Waals surface area contributed by atoms with Crippen LogP contribution in [-0.2, 0) is 15.8 Å². The summed E-state index contributed by atoms with van der Waals surface area (Å²) in [5, 5.41) is 7.07. The number of sulfonamides is 1. The first-order valence-corrected chi connectivity index (χ1v) is 8.76. The number of hydrogen-bond donors (Lipinski definition) is 1. The second-order valence-electron chi connectivity index (χ2n) is 5.30. The molecule has 0 aromatic carbocycles. The SMILES string of the molecule is CCCN(C1CCCNC1)S(=O)(=O)Cc1cc(C)on1. The van der Waals surface area contributed by atoms with Gasteiger partial charge in [-0.1, -0.05) is 12.1 Å². The Morgan fingerprint density at radius 1 is 1.55 bits per heavy atom. The maximum absolute atomic E-state index is 12.6. The highest BCUT2D eigenvalue weighted by Gasteiger charge is 2.31. The number of nitrogens with one attached hydrogen (secondary N) is 1. The predicted molar refractivity (Wildman–Crippen MR) is 76.8 cm³/mol. The molecule has 0 spiro atoms. The second-order valence-corrected chi connectivity index (χ2v) is 7.22. The molecule has 1 fully saturated rings. The molecule has 0 radical (unpaired) electrons. The highest BCUT2D eigenvalue weighted by atomic mass is 32.2. The highest BCUT2D eigenvalue weighted by molar-refractivity contribution is 7.88. The summed E-state index contributed by atoms with van der Waals surface area (Å²) in [4.78, 5) is 0. The summed E-state index contributed by atoms with van der Waals surface area (Å²) >= 11 is 0. The number of piperidine rings is 1. The Kier molecular flexibility index (Phi) is 5.17. The van der Waals surface area contributed by atoms with E-state index >= 15 is 0 Å². The molecule has 2 rings (SSSR count). The molecule has 1 aliphatic heterocycles. The van der Waals surface area contributed by atoms with Crippen molar-refractivity contribution in [2.75, 3.05) is 19.6 Å². The molecule has 6 nitrogen and oxygen atoms in total. The maximum atomic E-state index is 12.6. The van der Waals surface area contributed by atoms with Crippen molar-refractivity contribution < 1.29 is 12.9 Å². The van der Waals surface area contributed by atoms with Crippen molar-refractivity contribution >= 4 is 10.0 Å². The van der Waals surface area contributed by atoms with Crippen LogP contribution in [0.25, 0.3) is 0 Å². The van der Waals surface area contributed by atoms with Crippen molar-refractivity contribution in [3.63, 3.8) is 0 Å². The quantitative estimate of drug-likeness (QED) is 0.856. The molecule has 1 saturated heterocycles. The molecule has 2 heterocycles. The van der Waals surface area contributed by atoms with Crippen LogP contribution >= 0.6 is 0 Å². The van der Waals surface area contributed by atoms with E-state index in [-0.39, 0.29) is 11.8 Å². The summed E-state index contributed by atoms with van der Waals surface area (Å²) in [7, 11) is -3.35. The first kappa shape index (κ1) is 15.5. The van der Waals surface area contributed by atoms with E-state index in [1.807, 2.05) is 6.92 Å². The summed E-state index contributed by atoms with van der Waals surface area (Å²) < 4.78 is 31.8. The van der Waals surface area contributed by atoms with Gasteiger partial charge in [-0.3, -0.25) is 0 Å². The molecule has 114 valence electrons. The van der Waals surface area contributed by atoms with E-state index in [1.165, 1.54) is 0 Å². The fourth-order valence-electron chi connectivity index (χ4n) is 2.60. The van der Waals surface area contributed by atoms with Crippen molar-refractivity contribution in [2.24, 2.45) is 0 Å². The summed E-state index contributed by atoms with van der Waals surface area (Å²) in [5.41, 5.74) is 0.479. The standard InChI is InChI=1S/C13H23N3O3S/c1-3-7-16(13-5-4-6-14-9-13)20(17,18)10-12-8-11(2)19-15-12/h8,13-14H,3-7,9-10H2,1-2H3. The van der Waals surface area contributed by atoms with Crippen LogP contribution in [0.4, 0.5) is 0 Å². The molecule has 0 aliphatic carbocycles. The van der Waals surface area contributed by atoms with Gasteiger partial charge in [0.25, 0.3) is 0 Å². The number of hydrogen-bond acceptors (Lipinski definition) is 5. The van der Waals surface area contributed by atoms with Crippen molar-refractivity contribution in [1.29, 1.82) is 0 Å². The van der Waals surface area contributed by atoms with Gasteiger partial charge in [-0.25, -0.2) is 8.42 Å². The Morgan fingerprint density at radius 2 is 2.35 bits per heavy atom. The Morgan fingerprint density at radius 3 is 2.90 bits per heavy atom. The molecule has 7 heteroatoms. The molecular weight excluding hydrogens is 278 g/mol. The van der Waals surface area contributed by atoms with Crippen molar-refractivity contribution in [3.8, 4) is 0 Å². The Balaban J connectivity index is 2.13. The molecule has 1 unspecified atom stereocenters. The van der Waals surface area contributed by atoms with Crippen LogP contribution < -0.4 is 5.32 Å². The zero-order valence-corrected chi connectivity index (χ0v) is 12.9. The lowest BCUT2D eigenvalue weighted by molar-refractivity contribution is 0.265. The van der Waals surface area contributed by atoms with Gasteiger partial charge in [0.2, 0.25) is 10.0 Å². The Labute approximate surface area is 120 Å². The Hall–Kier alpha value is -0.920. The minimum Gasteiger partial charge on any atom is -0.361 e. The molecule has 1 aromatic rings. The largest absolute Gasteiger partial charge is 0.361 e. The van der Waals surface area contributed by atoms with Gasteiger partial charge in [-0.15, -0.1) is 0 Å². The lowest BCUT2D eigenvalue weighted by Gasteiger charge is -2.33. The first-order chi connectivity index (χ1) is 9.53. The van der Waals surface area contributed by atoms with E-state index in [0.717, 1.165) is 32.4 Å². The lowest BCUT2D eigenvalue weighted by atomic mass is 10.1. The number of aryl methyl sites for hydroxylation is 1.